The zero-order chi connectivity index (χ0) is 12.6. The first kappa shape index (κ1) is 51.7. The Kier molecular flexibility index (Phi) is 61.0. The summed E-state index contributed by atoms with van der Waals surface area (Å²) in [6.45, 7) is 0. The van der Waals surface area contributed by atoms with Gasteiger partial charge in [-0.15, -0.1) is 10.1 Å². The van der Waals surface area contributed by atoms with Gasteiger partial charge in [0.05, 0.1) is 0 Å². The van der Waals surface area contributed by atoms with Crippen LogP contribution in [-0.4, -0.2) is 39.7 Å². The molecule has 128 valence electrons. The van der Waals surface area contributed by atoms with E-state index in [2.05, 4.69) is 0 Å². The first-order chi connectivity index (χ1) is 5.73. The largest absolute Gasteiger partial charge is 0.466 e. The number of hydrogen-bond donors (Lipinski definition) is 12. The standard InChI is InChI=1S/HNO3.5H3N.2H3O4P/c2-1(3)4;;;;;;2*1-5(2,3)4/h(H,2,3,4);5*1H3;2*(H3,1,2,3,4). The number of hydrogen-bond acceptors (Lipinski definition) is 9. The van der Waals surface area contributed by atoms with E-state index in [-0.39, 0.29) is 30.8 Å². The summed E-state index contributed by atoms with van der Waals surface area (Å²) in [7, 11) is -9.28. The summed E-state index contributed by atoms with van der Waals surface area (Å²) in [5.41, 5.74) is 0. The van der Waals surface area contributed by atoms with E-state index in [1.54, 1.807) is 0 Å². The van der Waals surface area contributed by atoms with E-state index in [0.29, 0.717) is 0 Å². The lowest BCUT2D eigenvalue weighted by atomic mass is 13.1. The number of nitrogens with zero attached hydrogens (tertiary/aromatic N) is 1. The number of phosphoric acid groups is 2. The molecule has 22 N–H and O–H groups in total. The fourth-order valence-corrected chi connectivity index (χ4v) is 0. The highest BCUT2D eigenvalue weighted by Crippen LogP contribution is 2.26. The molecule has 0 heterocycles. The van der Waals surface area contributed by atoms with E-state index in [1.807, 2.05) is 0 Å². The fraction of sp³-hybridized carbons (Fsp3) is 0. The van der Waals surface area contributed by atoms with Crippen molar-refractivity contribution in [3.63, 3.8) is 0 Å². The van der Waals surface area contributed by atoms with Crippen molar-refractivity contribution in [2.75, 3.05) is 0 Å². The lowest BCUT2D eigenvalue weighted by Gasteiger charge is -1.82. The van der Waals surface area contributed by atoms with Gasteiger partial charge >= 0.3 is 15.6 Å². The first-order valence-electron chi connectivity index (χ1n) is 2.13. The Morgan fingerprint density at radius 2 is 0.684 bits per heavy atom. The summed E-state index contributed by atoms with van der Waals surface area (Å²) in [5.74, 6) is 0. The van der Waals surface area contributed by atoms with Gasteiger partial charge in [0.25, 0.3) is 5.09 Å². The molecule has 0 aliphatic rings. The lowest BCUT2D eigenvalue weighted by molar-refractivity contribution is -0.742. The molecule has 0 aliphatic heterocycles. The highest BCUT2D eigenvalue weighted by molar-refractivity contribution is 7.45. The van der Waals surface area contributed by atoms with Gasteiger partial charge in [-0.3, -0.25) is 0 Å². The van der Waals surface area contributed by atoms with Crippen molar-refractivity contribution >= 4 is 15.6 Å². The summed E-state index contributed by atoms with van der Waals surface area (Å²) in [6.07, 6.45) is 0. The third kappa shape index (κ3) is 6560. The topological polar surface area (TPSA) is 394 Å². The van der Waals surface area contributed by atoms with Crippen molar-refractivity contribution in [2.45, 2.75) is 0 Å². The minimum absolute atomic E-state index is 0. The molecule has 0 bridgehead atoms. The van der Waals surface area contributed by atoms with Crippen LogP contribution >= 0.6 is 15.6 Å². The smallest absolute Gasteiger partial charge is 0.344 e. The van der Waals surface area contributed by atoms with E-state index in [9.17, 15) is 0 Å². The van der Waals surface area contributed by atoms with Gasteiger partial charge < -0.3 is 65.3 Å². The zero-order valence-electron chi connectivity index (χ0n) is 9.64. The van der Waals surface area contributed by atoms with E-state index >= 15 is 0 Å². The average Bonchev–Trinajstić information content (AvgIpc) is 1.45. The molecule has 0 fully saturated rings. The Bertz CT molecular complexity index is 201. The Morgan fingerprint density at radius 3 is 0.684 bits per heavy atom. The van der Waals surface area contributed by atoms with Crippen LogP contribution in [0.5, 0.6) is 0 Å². The van der Waals surface area contributed by atoms with Crippen LogP contribution in [0.4, 0.5) is 0 Å². The summed E-state index contributed by atoms with van der Waals surface area (Å²) in [6, 6.07) is 0. The monoisotopic (exact) mass is 344 g/mol. The van der Waals surface area contributed by atoms with Crippen molar-refractivity contribution in [2.24, 2.45) is 0 Å². The second-order valence-electron chi connectivity index (χ2n) is 1.26. The Hall–Kier alpha value is -0.780. The summed E-state index contributed by atoms with van der Waals surface area (Å²) < 4.78 is 17.8. The minimum atomic E-state index is -4.64. The molecule has 19 heavy (non-hydrogen) atoms. The normalized spacial score (nSPS) is 7.47. The van der Waals surface area contributed by atoms with Crippen LogP contribution in [0.25, 0.3) is 0 Å². The van der Waals surface area contributed by atoms with Gasteiger partial charge in [0.15, 0.2) is 0 Å². The van der Waals surface area contributed by atoms with Crippen molar-refractivity contribution in [3.8, 4) is 0 Å². The van der Waals surface area contributed by atoms with Crippen molar-refractivity contribution in [3.05, 3.63) is 10.1 Å². The van der Waals surface area contributed by atoms with Crippen LogP contribution in [0, 0.1) is 10.1 Å². The molecule has 0 aliphatic carbocycles. The first-order valence-corrected chi connectivity index (χ1v) is 5.26. The maximum atomic E-state index is 8.88. The molecule has 19 heteroatoms. The molecule has 0 amide bonds. The maximum Gasteiger partial charge on any atom is 0.466 e. The van der Waals surface area contributed by atoms with Crippen LogP contribution < -0.4 is 30.8 Å². The molecule has 0 saturated carbocycles. The van der Waals surface area contributed by atoms with E-state index in [1.165, 1.54) is 0 Å². The van der Waals surface area contributed by atoms with E-state index in [0.717, 1.165) is 0 Å². The summed E-state index contributed by atoms with van der Waals surface area (Å²) in [5, 5.41) is 13.6. The second kappa shape index (κ2) is 22.4. The van der Waals surface area contributed by atoms with Crippen LogP contribution in [0.1, 0.15) is 0 Å². The Morgan fingerprint density at radius 1 is 0.684 bits per heavy atom. The lowest BCUT2D eigenvalue weighted by Crippen LogP contribution is -1.81. The minimum Gasteiger partial charge on any atom is -0.344 e. The molecule has 0 aromatic heterocycles. The van der Waals surface area contributed by atoms with Crippen LogP contribution in [-0.2, 0) is 9.13 Å². The summed E-state index contributed by atoms with van der Waals surface area (Å²) >= 11 is 0. The Balaban J connectivity index is -0.0000000141. The molecule has 0 rings (SSSR count). The molecule has 0 radical (unpaired) electrons. The molecule has 0 aromatic rings. The third-order valence-corrected chi connectivity index (χ3v) is 0. The Labute approximate surface area is 106 Å². The van der Waals surface area contributed by atoms with Gasteiger partial charge in [0.1, 0.15) is 0 Å². The highest BCUT2D eigenvalue weighted by Gasteiger charge is 2.00. The van der Waals surface area contributed by atoms with Crippen LogP contribution in [0.3, 0.4) is 0 Å². The van der Waals surface area contributed by atoms with Crippen molar-refractivity contribution in [1.29, 1.82) is 0 Å². The zero-order valence-corrected chi connectivity index (χ0v) is 11.4. The van der Waals surface area contributed by atoms with Gasteiger partial charge in [-0.1, -0.05) is 0 Å². The van der Waals surface area contributed by atoms with Gasteiger partial charge in [0.2, 0.25) is 0 Å². The quantitative estimate of drug-likeness (QED) is 0.136. The van der Waals surface area contributed by atoms with Gasteiger partial charge in [-0.2, -0.15) is 0 Å². The molecule has 17 nitrogen and oxygen atoms in total. The molecule has 0 saturated heterocycles. The fourth-order valence-electron chi connectivity index (χ4n) is 0. The predicted octanol–water partition coefficient (Wildman–Crippen LogP) is -1.39. The molecular formula is H22N6O11P2. The van der Waals surface area contributed by atoms with E-state index < -0.39 is 20.7 Å². The SMILES string of the molecule is N.N.N.N.N.O=P(O)(O)O.O=P(O)(O)O.O=[N+]([O-])O. The van der Waals surface area contributed by atoms with E-state index in [4.69, 9.17) is 53.8 Å². The molecule has 0 atom stereocenters. The van der Waals surface area contributed by atoms with Crippen LogP contribution in [0.15, 0.2) is 0 Å². The number of rotatable bonds is 0. The molecular weight excluding hydrogens is 322 g/mol. The van der Waals surface area contributed by atoms with Gasteiger partial charge in [-0.25, -0.2) is 9.13 Å². The van der Waals surface area contributed by atoms with Gasteiger partial charge in [0, 0.05) is 0 Å². The van der Waals surface area contributed by atoms with Crippen molar-refractivity contribution in [1.82, 2.24) is 30.8 Å². The second-order valence-corrected chi connectivity index (χ2v) is 3.32. The third-order valence-electron chi connectivity index (χ3n) is 0. The average molecular weight is 344 g/mol. The molecule has 0 unspecified atom stereocenters. The van der Waals surface area contributed by atoms with Gasteiger partial charge in [-0.05, 0) is 0 Å². The maximum absolute atomic E-state index is 8.88. The molecule has 0 spiro atoms. The molecule has 0 aromatic carbocycles. The predicted molar refractivity (Wildman–Crippen MR) is 62.4 cm³/mol. The summed E-state index contributed by atoms with van der Waals surface area (Å²) in [4.78, 5) is 51.5. The highest BCUT2D eigenvalue weighted by atomic mass is 31.2. The van der Waals surface area contributed by atoms with Crippen LogP contribution in [0.2, 0.25) is 0 Å². The van der Waals surface area contributed by atoms with Crippen molar-refractivity contribution < 1.29 is 48.8 Å².